The maximum Gasteiger partial charge on any atom is 0.303 e. The summed E-state index contributed by atoms with van der Waals surface area (Å²) in [5.41, 5.74) is 7.11. The molecule has 0 saturated carbocycles. The number of aryl methyl sites for hydroxylation is 1. The van der Waals surface area contributed by atoms with E-state index in [0.717, 1.165) is 30.0 Å². The molecule has 4 aromatic carbocycles. The topological polar surface area (TPSA) is 58.6 Å². The van der Waals surface area contributed by atoms with Gasteiger partial charge >= 0.3 is 5.97 Å². The highest BCUT2D eigenvalue weighted by Crippen LogP contribution is 2.23. The van der Waals surface area contributed by atoms with E-state index in [2.05, 4.69) is 78.1 Å². The second-order valence-corrected chi connectivity index (χ2v) is 8.27. The molecule has 4 heteroatoms. The summed E-state index contributed by atoms with van der Waals surface area (Å²) in [5.74, 6) is -0.00197. The van der Waals surface area contributed by atoms with Gasteiger partial charge in [0.15, 0.2) is 0 Å². The van der Waals surface area contributed by atoms with Gasteiger partial charge in [-0.25, -0.2) is 0 Å². The van der Waals surface area contributed by atoms with Gasteiger partial charge in [-0.15, -0.1) is 0 Å². The molecule has 4 aromatic rings. The van der Waals surface area contributed by atoms with Crippen LogP contribution in [0.3, 0.4) is 0 Å². The molecule has 0 aromatic heterocycles. The number of hydrogen-bond acceptors (Lipinski definition) is 3. The molecule has 4 nitrogen and oxygen atoms in total. The van der Waals surface area contributed by atoms with E-state index >= 15 is 0 Å². The summed E-state index contributed by atoms with van der Waals surface area (Å²) in [6.07, 6.45) is 0.671. The Bertz CT molecular complexity index is 1190. The van der Waals surface area contributed by atoms with Gasteiger partial charge in [-0.05, 0) is 51.9 Å². The van der Waals surface area contributed by atoms with Gasteiger partial charge in [0.1, 0.15) is 12.4 Å². The van der Waals surface area contributed by atoms with E-state index in [1.165, 1.54) is 22.3 Å². The highest BCUT2D eigenvalue weighted by atomic mass is 16.5. The number of hydrogen-bond donors (Lipinski definition) is 2. The lowest BCUT2D eigenvalue weighted by atomic mass is 10.00. The predicted molar refractivity (Wildman–Crippen MR) is 136 cm³/mol. The largest absolute Gasteiger partial charge is 0.489 e. The molecule has 0 aliphatic heterocycles. The molecule has 0 unspecified atom stereocenters. The third-order valence-corrected chi connectivity index (χ3v) is 5.73. The van der Waals surface area contributed by atoms with Gasteiger partial charge in [-0.3, -0.25) is 4.79 Å². The molecule has 0 amide bonds. The highest BCUT2D eigenvalue weighted by molar-refractivity contribution is 5.67. The first-order valence-corrected chi connectivity index (χ1v) is 11.5. The van der Waals surface area contributed by atoms with Crippen molar-refractivity contribution in [2.24, 2.45) is 0 Å². The van der Waals surface area contributed by atoms with Crippen molar-refractivity contribution in [1.29, 1.82) is 0 Å². The monoisotopic (exact) mass is 451 g/mol. The van der Waals surface area contributed by atoms with Gasteiger partial charge in [-0.2, -0.15) is 0 Å². The third kappa shape index (κ3) is 6.80. The molecule has 0 aliphatic rings. The van der Waals surface area contributed by atoms with Crippen LogP contribution in [-0.4, -0.2) is 11.1 Å². The Morgan fingerprint density at radius 1 is 0.706 bits per heavy atom. The molecular weight excluding hydrogens is 422 g/mol. The van der Waals surface area contributed by atoms with E-state index in [1.807, 2.05) is 30.3 Å². The zero-order valence-electron chi connectivity index (χ0n) is 19.1. The molecular formula is C30H29NO3. The van der Waals surface area contributed by atoms with Crippen molar-refractivity contribution in [1.82, 2.24) is 5.32 Å². The first kappa shape index (κ1) is 23.3. The summed E-state index contributed by atoms with van der Waals surface area (Å²) in [7, 11) is 0. The maximum atomic E-state index is 10.7. The molecule has 0 aliphatic carbocycles. The van der Waals surface area contributed by atoms with Crippen LogP contribution in [-0.2, 0) is 30.9 Å². The summed E-state index contributed by atoms with van der Waals surface area (Å²) in [4.78, 5) is 10.7. The molecule has 2 N–H and O–H groups in total. The van der Waals surface area contributed by atoms with E-state index < -0.39 is 5.97 Å². The first-order chi connectivity index (χ1) is 16.7. The molecule has 0 fully saturated rings. The summed E-state index contributed by atoms with van der Waals surface area (Å²) < 4.78 is 5.87. The van der Waals surface area contributed by atoms with Gasteiger partial charge in [0.2, 0.25) is 0 Å². The quantitative estimate of drug-likeness (QED) is 0.283. The minimum Gasteiger partial charge on any atom is -0.489 e. The molecule has 0 atom stereocenters. The van der Waals surface area contributed by atoms with Crippen LogP contribution in [0.1, 0.15) is 28.7 Å². The Labute approximate surface area is 200 Å². The third-order valence-electron chi connectivity index (χ3n) is 5.73. The van der Waals surface area contributed by atoms with Crippen molar-refractivity contribution >= 4 is 5.97 Å². The van der Waals surface area contributed by atoms with E-state index in [0.29, 0.717) is 13.0 Å². The summed E-state index contributed by atoms with van der Waals surface area (Å²) in [6, 6.07) is 35.1. The van der Waals surface area contributed by atoms with Gasteiger partial charge in [0, 0.05) is 19.5 Å². The van der Waals surface area contributed by atoms with Gasteiger partial charge in [0.05, 0.1) is 0 Å². The van der Waals surface area contributed by atoms with Crippen molar-refractivity contribution < 1.29 is 14.6 Å². The van der Waals surface area contributed by atoms with Crippen molar-refractivity contribution in [2.45, 2.75) is 32.5 Å². The number of carbonyl (C=O) groups is 1. The van der Waals surface area contributed by atoms with Crippen molar-refractivity contribution in [3.8, 4) is 16.9 Å². The fourth-order valence-corrected chi connectivity index (χ4v) is 3.84. The number of nitrogens with one attached hydrogen (secondary N) is 1. The van der Waals surface area contributed by atoms with Crippen molar-refractivity contribution in [3.63, 3.8) is 0 Å². The molecule has 172 valence electrons. The lowest BCUT2D eigenvalue weighted by Gasteiger charge is -2.12. The first-order valence-electron chi connectivity index (χ1n) is 11.5. The SMILES string of the molecule is O=C(O)CCc1ccc(OCc2ccc(CNCc3ccccc3-c3ccccc3)cc2)cc1. The normalized spacial score (nSPS) is 10.7. The Hall–Kier alpha value is -3.89. The predicted octanol–water partition coefficient (Wildman–Crippen LogP) is 6.24. The second kappa shape index (κ2) is 11.8. The van der Waals surface area contributed by atoms with E-state index in [9.17, 15) is 4.79 Å². The number of ether oxygens (including phenoxy) is 1. The number of carboxylic acid groups (broad SMARTS) is 1. The minimum absolute atomic E-state index is 0.140. The van der Waals surface area contributed by atoms with Crippen LogP contribution in [0.15, 0.2) is 103 Å². The Morgan fingerprint density at radius 2 is 1.35 bits per heavy atom. The standard InChI is InChI=1S/C30H29NO3/c32-30(33)19-16-23-14-17-28(18-15-23)34-22-25-12-10-24(11-13-25)20-31-21-27-8-4-5-9-29(27)26-6-2-1-3-7-26/h1-15,17-18,31H,16,19-22H2,(H,32,33). The van der Waals surface area contributed by atoms with E-state index in [-0.39, 0.29) is 6.42 Å². The molecule has 0 bridgehead atoms. The maximum absolute atomic E-state index is 10.7. The summed E-state index contributed by atoms with van der Waals surface area (Å²) in [5, 5.41) is 12.3. The van der Waals surface area contributed by atoms with E-state index in [4.69, 9.17) is 9.84 Å². The molecule has 0 heterocycles. The lowest BCUT2D eigenvalue weighted by Crippen LogP contribution is -2.13. The van der Waals surface area contributed by atoms with Crippen LogP contribution in [0.25, 0.3) is 11.1 Å². The lowest BCUT2D eigenvalue weighted by molar-refractivity contribution is -0.136. The van der Waals surface area contributed by atoms with Crippen LogP contribution in [0.2, 0.25) is 0 Å². The zero-order chi connectivity index (χ0) is 23.6. The molecule has 0 saturated heterocycles. The summed E-state index contributed by atoms with van der Waals surface area (Å²) >= 11 is 0. The fourth-order valence-electron chi connectivity index (χ4n) is 3.84. The number of aliphatic carboxylic acids is 1. The van der Waals surface area contributed by atoms with Crippen LogP contribution >= 0.6 is 0 Å². The fraction of sp³-hybridized carbons (Fsp3) is 0.167. The van der Waals surface area contributed by atoms with Crippen LogP contribution in [0, 0.1) is 0 Å². The Balaban J connectivity index is 1.25. The van der Waals surface area contributed by atoms with Gasteiger partial charge < -0.3 is 15.2 Å². The molecule has 0 radical (unpaired) electrons. The summed E-state index contributed by atoms with van der Waals surface area (Å²) in [6.45, 7) is 2.09. The average Bonchev–Trinajstić information content (AvgIpc) is 2.88. The van der Waals surface area contributed by atoms with Crippen molar-refractivity contribution in [3.05, 3.63) is 125 Å². The number of benzene rings is 4. The van der Waals surface area contributed by atoms with Gasteiger partial charge in [-0.1, -0.05) is 91.0 Å². The number of rotatable bonds is 11. The van der Waals surface area contributed by atoms with Crippen LogP contribution in [0.5, 0.6) is 5.75 Å². The average molecular weight is 452 g/mol. The second-order valence-electron chi connectivity index (χ2n) is 8.27. The molecule has 0 spiro atoms. The molecule has 4 rings (SSSR count). The Kier molecular flexibility index (Phi) is 8.09. The Morgan fingerprint density at radius 3 is 2.09 bits per heavy atom. The van der Waals surface area contributed by atoms with Gasteiger partial charge in [0.25, 0.3) is 0 Å². The number of carboxylic acids is 1. The smallest absolute Gasteiger partial charge is 0.303 e. The van der Waals surface area contributed by atoms with Crippen LogP contribution in [0.4, 0.5) is 0 Å². The van der Waals surface area contributed by atoms with Crippen LogP contribution < -0.4 is 10.1 Å². The van der Waals surface area contributed by atoms with E-state index in [1.54, 1.807) is 0 Å². The van der Waals surface area contributed by atoms with Crippen molar-refractivity contribution in [2.75, 3.05) is 0 Å². The zero-order valence-corrected chi connectivity index (χ0v) is 19.1. The molecule has 34 heavy (non-hydrogen) atoms. The minimum atomic E-state index is -0.782. The highest BCUT2D eigenvalue weighted by Gasteiger charge is 2.05.